The summed E-state index contributed by atoms with van der Waals surface area (Å²) >= 11 is 1.69. The Bertz CT molecular complexity index is 959. The van der Waals surface area contributed by atoms with Crippen LogP contribution in [0.1, 0.15) is 21.5 Å². The van der Waals surface area contributed by atoms with E-state index >= 15 is 0 Å². The highest BCUT2D eigenvalue weighted by atomic mass is 32.2. The Morgan fingerprint density at radius 3 is 2.07 bits per heavy atom. The largest absolute Gasteiger partial charge is 0.340 e. The van der Waals surface area contributed by atoms with Gasteiger partial charge in [0.05, 0.1) is 0 Å². The smallest absolute Gasteiger partial charge is 0.251 e. The summed E-state index contributed by atoms with van der Waals surface area (Å²) in [5.74, 6) is -0.361. The number of hydrogen-bond acceptors (Lipinski definition) is 3. The maximum absolute atomic E-state index is 13.2. The Labute approximate surface area is 182 Å². The second kappa shape index (κ2) is 10.6. The topological polar surface area (TPSA) is 49.4 Å². The number of amides is 2. The summed E-state index contributed by atoms with van der Waals surface area (Å²) in [6.07, 6.45) is 2.47. The van der Waals surface area contributed by atoms with E-state index in [4.69, 9.17) is 0 Å². The molecule has 0 aliphatic carbocycles. The van der Waals surface area contributed by atoms with Crippen molar-refractivity contribution in [2.45, 2.75) is 23.9 Å². The molecule has 0 unspecified atom stereocenters. The lowest BCUT2D eigenvalue weighted by Gasteiger charge is -2.25. The molecule has 5 heteroatoms. The number of rotatable bonds is 8. The third-order valence-corrected chi connectivity index (χ3v) is 5.62. The molecule has 0 aliphatic rings. The summed E-state index contributed by atoms with van der Waals surface area (Å²) < 4.78 is 0. The van der Waals surface area contributed by atoms with Crippen molar-refractivity contribution in [2.75, 3.05) is 13.3 Å². The van der Waals surface area contributed by atoms with Crippen molar-refractivity contribution < 1.29 is 9.59 Å². The molecule has 0 aromatic heterocycles. The van der Waals surface area contributed by atoms with Gasteiger partial charge < -0.3 is 10.2 Å². The van der Waals surface area contributed by atoms with Crippen LogP contribution in [0, 0.1) is 0 Å². The zero-order valence-corrected chi connectivity index (χ0v) is 18.1. The Balaban J connectivity index is 1.75. The van der Waals surface area contributed by atoms with Crippen LogP contribution in [0.2, 0.25) is 0 Å². The summed E-state index contributed by atoms with van der Waals surface area (Å²) in [6.45, 7) is 0.486. The molecule has 1 N–H and O–H groups in total. The fourth-order valence-corrected chi connectivity index (χ4v) is 3.64. The molecule has 0 fully saturated rings. The molecule has 0 radical (unpaired) electrons. The summed E-state index contributed by atoms with van der Waals surface area (Å²) in [4.78, 5) is 28.8. The van der Waals surface area contributed by atoms with Crippen molar-refractivity contribution in [3.63, 3.8) is 0 Å². The van der Waals surface area contributed by atoms with Gasteiger partial charge in [-0.15, -0.1) is 11.8 Å². The monoisotopic (exact) mass is 418 g/mol. The lowest BCUT2D eigenvalue weighted by atomic mass is 10.0. The molecule has 0 heterocycles. The van der Waals surface area contributed by atoms with E-state index in [1.165, 1.54) is 4.90 Å². The van der Waals surface area contributed by atoms with E-state index < -0.39 is 6.04 Å². The first-order valence-electron chi connectivity index (χ1n) is 9.84. The molecule has 154 valence electrons. The van der Waals surface area contributed by atoms with Gasteiger partial charge in [0.2, 0.25) is 5.91 Å². The minimum absolute atomic E-state index is 0.114. The molecule has 0 aliphatic heterocycles. The van der Waals surface area contributed by atoms with Crippen LogP contribution in [-0.2, 0) is 17.8 Å². The number of carbonyl (C=O) groups is 2. The number of benzene rings is 3. The van der Waals surface area contributed by atoms with Gasteiger partial charge >= 0.3 is 0 Å². The number of hydrogen-bond donors (Lipinski definition) is 1. The molecular formula is C25H26N2O2S. The van der Waals surface area contributed by atoms with Crippen LogP contribution in [0.4, 0.5) is 0 Å². The first-order valence-corrected chi connectivity index (χ1v) is 11.1. The first kappa shape index (κ1) is 21.7. The molecular weight excluding hydrogens is 392 g/mol. The van der Waals surface area contributed by atoms with Crippen molar-refractivity contribution in [1.82, 2.24) is 10.2 Å². The van der Waals surface area contributed by atoms with E-state index in [9.17, 15) is 9.59 Å². The molecule has 0 spiro atoms. The highest BCUT2D eigenvalue weighted by Crippen LogP contribution is 2.16. The zero-order chi connectivity index (χ0) is 21.3. The van der Waals surface area contributed by atoms with Crippen molar-refractivity contribution in [1.29, 1.82) is 0 Å². The quantitative estimate of drug-likeness (QED) is 0.552. The van der Waals surface area contributed by atoms with Crippen LogP contribution in [0.5, 0.6) is 0 Å². The number of likely N-dealkylation sites (N-methyl/N-ethyl adjacent to an activating group) is 1. The average Bonchev–Trinajstić information content (AvgIpc) is 2.79. The number of thioether (sulfide) groups is 1. The zero-order valence-electron chi connectivity index (χ0n) is 17.2. The first-order chi connectivity index (χ1) is 14.6. The second-order valence-electron chi connectivity index (χ2n) is 7.12. The normalized spacial score (nSPS) is 11.5. The Morgan fingerprint density at radius 2 is 1.47 bits per heavy atom. The molecule has 30 heavy (non-hydrogen) atoms. The predicted molar refractivity (Wildman–Crippen MR) is 123 cm³/mol. The summed E-state index contributed by atoms with van der Waals surface area (Å²) in [5.41, 5.74) is 2.59. The fraction of sp³-hybridized carbons (Fsp3) is 0.200. The Morgan fingerprint density at radius 1 is 0.867 bits per heavy atom. The van der Waals surface area contributed by atoms with Crippen molar-refractivity contribution in [3.05, 3.63) is 102 Å². The molecule has 1 atom stereocenters. The lowest BCUT2D eigenvalue weighted by molar-refractivity contribution is -0.132. The molecule has 4 nitrogen and oxygen atoms in total. The van der Waals surface area contributed by atoms with Crippen LogP contribution >= 0.6 is 11.8 Å². The van der Waals surface area contributed by atoms with E-state index in [-0.39, 0.29) is 11.8 Å². The highest BCUT2D eigenvalue weighted by molar-refractivity contribution is 7.98. The van der Waals surface area contributed by atoms with E-state index in [1.807, 2.05) is 66.9 Å². The Hall–Kier alpha value is -3.05. The van der Waals surface area contributed by atoms with Crippen LogP contribution in [-0.4, -0.2) is 36.1 Å². The summed E-state index contributed by atoms with van der Waals surface area (Å²) in [6, 6.07) is 26.3. The molecule has 3 rings (SSSR count). The number of carbonyl (C=O) groups excluding carboxylic acids is 2. The maximum atomic E-state index is 13.2. The molecule has 3 aromatic carbocycles. The van der Waals surface area contributed by atoms with E-state index in [1.54, 1.807) is 35.8 Å². The van der Waals surface area contributed by atoms with E-state index in [0.717, 1.165) is 11.1 Å². The third kappa shape index (κ3) is 5.97. The summed E-state index contributed by atoms with van der Waals surface area (Å²) in [5, 5.41) is 2.93. The van der Waals surface area contributed by atoms with Crippen molar-refractivity contribution in [2.24, 2.45) is 0 Å². The third-order valence-electron chi connectivity index (χ3n) is 4.88. The minimum atomic E-state index is -0.643. The van der Waals surface area contributed by atoms with Gasteiger partial charge in [0.1, 0.15) is 6.04 Å². The highest BCUT2D eigenvalue weighted by Gasteiger charge is 2.25. The number of nitrogens with zero attached hydrogens (tertiary/aromatic N) is 1. The predicted octanol–water partition coefficient (Wildman–Crippen LogP) is 4.41. The van der Waals surface area contributed by atoms with Crippen LogP contribution in [0.15, 0.2) is 89.8 Å². The lowest BCUT2D eigenvalue weighted by Crippen LogP contribution is -2.48. The van der Waals surface area contributed by atoms with Gasteiger partial charge in [-0.25, -0.2) is 0 Å². The van der Waals surface area contributed by atoms with Crippen LogP contribution in [0.3, 0.4) is 0 Å². The van der Waals surface area contributed by atoms with Gasteiger partial charge in [0.15, 0.2) is 0 Å². The molecule has 0 saturated heterocycles. The maximum Gasteiger partial charge on any atom is 0.251 e. The van der Waals surface area contributed by atoms with Crippen LogP contribution in [0.25, 0.3) is 0 Å². The van der Waals surface area contributed by atoms with Gasteiger partial charge in [0.25, 0.3) is 5.91 Å². The average molecular weight is 419 g/mol. The van der Waals surface area contributed by atoms with Gasteiger partial charge in [-0.05, 0) is 41.6 Å². The molecule has 2 amide bonds. The Kier molecular flexibility index (Phi) is 7.69. The SMILES string of the molecule is CSc1ccc(CN(C)C(=O)[C@H](Cc2ccccc2)NC(=O)c2ccccc2)cc1. The fourth-order valence-electron chi connectivity index (χ4n) is 3.23. The molecule has 0 bridgehead atoms. The van der Waals surface area contributed by atoms with Gasteiger partial charge in [0, 0.05) is 30.5 Å². The van der Waals surface area contributed by atoms with Crippen molar-refractivity contribution in [3.8, 4) is 0 Å². The van der Waals surface area contributed by atoms with E-state index in [0.29, 0.717) is 18.5 Å². The van der Waals surface area contributed by atoms with Gasteiger partial charge in [-0.3, -0.25) is 9.59 Å². The minimum Gasteiger partial charge on any atom is -0.340 e. The molecule has 3 aromatic rings. The van der Waals surface area contributed by atoms with Crippen LogP contribution < -0.4 is 5.32 Å². The van der Waals surface area contributed by atoms with Gasteiger partial charge in [-0.2, -0.15) is 0 Å². The second-order valence-corrected chi connectivity index (χ2v) is 8.00. The summed E-state index contributed by atoms with van der Waals surface area (Å²) in [7, 11) is 1.78. The molecule has 0 saturated carbocycles. The van der Waals surface area contributed by atoms with E-state index in [2.05, 4.69) is 17.4 Å². The van der Waals surface area contributed by atoms with Gasteiger partial charge in [-0.1, -0.05) is 60.7 Å². The number of nitrogens with one attached hydrogen (secondary N) is 1. The standard InChI is InChI=1S/C25H26N2O2S/c1-27(18-20-13-15-22(30-2)16-14-20)25(29)23(17-19-9-5-3-6-10-19)26-24(28)21-11-7-4-8-12-21/h3-16,23H,17-18H2,1-2H3,(H,26,28)/t23-/m0/s1. The van der Waals surface area contributed by atoms with Crippen molar-refractivity contribution >= 4 is 23.6 Å².